The molecule has 2 rings (SSSR count). The standard InChI is InChI=1S/C11H22N2/c1-2-3-6-12-8-9-7-10-4-5-11(9)13-10/h9-13H,2-8H2,1H3. The van der Waals surface area contributed by atoms with Crippen molar-refractivity contribution in [3.8, 4) is 0 Å². The molecule has 0 aromatic heterocycles. The molecule has 2 heteroatoms. The molecule has 0 radical (unpaired) electrons. The maximum absolute atomic E-state index is 3.68. The maximum atomic E-state index is 3.68. The van der Waals surface area contributed by atoms with Crippen LogP contribution in [0.1, 0.15) is 39.0 Å². The van der Waals surface area contributed by atoms with Crippen LogP contribution >= 0.6 is 0 Å². The Labute approximate surface area is 81.5 Å². The van der Waals surface area contributed by atoms with Crippen LogP contribution in [0.5, 0.6) is 0 Å². The van der Waals surface area contributed by atoms with Gasteiger partial charge in [-0.25, -0.2) is 0 Å². The van der Waals surface area contributed by atoms with E-state index in [1.807, 2.05) is 0 Å². The lowest BCUT2D eigenvalue weighted by Gasteiger charge is -2.20. The van der Waals surface area contributed by atoms with E-state index in [9.17, 15) is 0 Å². The van der Waals surface area contributed by atoms with Gasteiger partial charge in [-0.1, -0.05) is 13.3 Å². The van der Waals surface area contributed by atoms with E-state index in [4.69, 9.17) is 0 Å². The van der Waals surface area contributed by atoms with Gasteiger partial charge in [0.05, 0.1) is 0 Å². The summed E-state index contributed by atoms with van der Waals surface area (Å²) in [6, 6.07) is 1.71. The molecule has 76 valence electrons. The van der Waals surface area contributed by atoms with Crippen LogP contribution in [0.15, 0.2) is 0 Å². The molecular formula is C11H22N2. The zero-order valence-corrected chi connectivity index (χ0v) is 8.68. The number of nitrogens with one attached hydrogen (secondary N) is 2. The van der Waals surface area contributed by atoms with Gasteiger partial charge in [-0.15, -0.1) is 0 Å². The second-order valence-electron chi connectivity index (χ2n) is 4.60. The van der Waals surface area contributed by atoms with Crippen LogP contribution in [-0.4, -0.2) is 25.2 Å². The number of rotatable bonds is 5. The Morgan fingerprint density at radius 2 is 2.31 bits per heavy atom. The highest BCUT2D eigenvalue weighted by molar-refractivity contribution is 4.97. The van der Waals surface area contributed by atoms with Crippen LogP contribution in [0.4, 0.5) is 0 Å². The van der Waals surface area contributed by atoms with Crippen molar-refractivity contribution in [3.05, 3.63) is 0 Å². The molecule has 2 saturated heterocycles. The van der Waals surface area contributed by atoms with Crippen molar-refractivity contribution < 1.29 is 0 Å². The van der Waals surface area contributed by atoms with Gasteiger partial charge < -0.3 is 10.6 Å². The summed E-state index contributed by atoms with van der Waals surface area (Å²) in [6.07, 6.45) is 6.90. The molecule has 3 unspecified atom stereocenters. The third-order valence-electron chi connectivity index (χ3n) is 3.55. The normalized spacial score (nSPS) is 37.2. The Bertz CT molecular complexity index is 158. The van der Waals surface area contributed by atoms with Crippen molar-refractivity contribution in [3.63, 3.8) is 0 Å². The van der Waals surface area contributed by atoms with E-state index in [0.717, 1.165) is 18.0 Å². The molecule has 2 heterocycles. The summed E-state index contributed by atoms with van der Waals surface area (Å²) in [5, 5.41) is 7.25. The number of fused-ring (bicyclic) bond motifs is 2. The average molecular weight is 182 g/mol. The van der Waals surface area contributed by atoms with Gasteiger partial charge in [0.15, 0.2) is 0 Å². The second-order valence-corrected chi connectivity index (χ2v) is 4.60. The lowest BCUT2D eigenvalue weighted by atomic mass is 9.89. The molecule has 2 nitrogen and oxygen atoms in total. The first-order valence-electron chi connectivity index (χ1n) is 5.87. The Morgan fingerprint density at radius 3 is 2.92 bits per heavy atom. The van der Waals surface area contributed by atoms with Crippen molar-refractivity contribution in [2.45, 2.75) is 51.1 Å². The largest absolute Gasteiger partial charge is 0.316 e. The van der Waals surface area contributed by atoms with Gasteiger partial charge in [0.25, 0.3) is 0 Å². The first kappa shape index (κ1) is 9.47. The molecule has 0 aromatic carbocycles. The minimum Gasteiger partial charge on any atom is -0.316 e. The fourth-order valence-electron chi connectivity index (χ4n) is 2.75. The Kier molecular flexibility index (Phi) is 3.23. The van der Waals surface area contributed by atoms with Crippen molar-refractivity contribution >= 4 is 0 Å². The van der Waals surface area contributed by atoms with Crippen LogP contribution in [0.3, 0.4) is 0 Å². The molecule has 0 amide bonds. The van der Waals surface area contributed by atoms with Gasteiger partial charge in [0.1, 0.15) is 0 Å². The van der Waals surface area contributed by atoms with Crippen LogP contribution in [0, 0.1) is 5.92 Å². The third kappa shape index (κ3) is 2.23. The summed E-state index contributed by atoms with van der Waals surface area (Å²) >= 11 is 0. The van der Waals surface area contributed by atoms with E-state index in [1.54, 1.807) is 0 Å². The van der Waals surface area contributed by atoms with Crippen LogP contribution in [-0.2, 0) is 0 Å². The molecule has 2 aliphatic rings. The van der Waals surface area contributed by atoms with Crippen LogP contribution in [0.2, 0.25) is 0 Å². The van der Waals surface area contributed by atoms with E-state index >= 15 is 0 Å². The molecule has 2 bridgehead atoms. The Balaban J connectivity index is 1.60. The third-order valence-corrected chi connectivity index (χ3v) is 3.55. The summed E-state index contributed by atoms with van der Waals surface area (Å²) in [6.45, 7) is 4.71. The Morgan fingerprint density at radius 1 is 1.38 bits per heavy atom. The highest BCUT2D eigenvalue weighted by Gasteiger charge is 2.38. The van der Waals surface area contributed by atoms with Crippen LogP contribution < -0.4 is 10.6 Å². The summed E-state index contributed by atoms with van der Waals surface area (Å²) in [5.74, 6) is 0.926. The van der Waals surface area contributed by atoms with Gasteiger partial charge in [0.2, 0.25) is 0 Å². The lowest BCUT2D eigenvalue weighted by Crippen LogP contribution is -2.32. The molecular weight excluding hydrogens is 160 g/mol. The molecule has 2 N–H and O–H groups in total. The number of unbranched alkanes of at least 4 members (excludes halogenated alkanes) is 1. The fourth-order valence-corrected chi connectivity index (χ4v) is 2.75. The molecule has 3 atom stereocenters. The predicted octanol–water partition coefficient (Wildman–Crippen LogP) is 1.52. The Hall–Kier alpha value is -0.0800. The van der Waals surface area contributed by atoms with Crippen molar-refractivity contribution in [2.75, 3.05) is 13.1 Å². The van der Waals surface area contributed by atoms with E-state index in [0.29, 0.717) is 0 Å². The van der Waals surface area contributed by atoms with Gasteiger partial charge in [-0.2, -0.15) is 0 Å². The summed E-state index contributed by atoms with van der Waals surface area (Å²) in [4.78, 5) is 0. The SMILES string of the molecule is CCCCNCC1CC2CCC1N2. The molecule has 0 saturated carbocycles. The monoisotopic (exact) mass is 182 g/mol. The number of hydrogen-bond acceptors (Lipinski definition) is 2. The zero-order valence-electron chi connectivity index (χ0n) is 8.68. The molecule has 2 aliphatic heterocycles. The lowest BCUT2D eigenvalue weighted by molar-refractivity contribution is 0.382. The average Bonchev–Trinajstić information content (AvgIpc) is 2.73. The molecule has 0 aromatic rings. The van der Waals surface area contributed by atoms with Crippen molar-refractivity contribution in [1.82, 2.24) is 10.6 Å². The van der Waals surface area contributed by atoms with E-state index in [-0.39, 0.29) is 0 Å². The quantitative estimate of drug-likeness (QED) is 0.630. The smallest absolute Gasteiger partial charge is 0.0111 e. The van der Waals surface area contributed by atoms with Gasteiger partial charge >= 0.3 is 0 Å². The topological polar surface area (TPSA) is 24.1 Å². The van der Waals surface area contributed by atoms with Gasteiger partial charge in [-0.3, -0.25) is 0 Å². The summed E-state index contributed by atoms with van der Waals surface area (Å²) in [7, 11) is 0. The minimum absolute atomic E-state index is 0.846. The van der Waals surface area contributed by atoms with E-state index < -0.39 is 0 Å². The molecule has 2 fully saturated rings. The highest BCUT2D eigenvalue weighted by atomic mass is 15.0. The van der Waals surface area contributed by atoms with Gasteiger partial charge in [0, 0.05) is 12.1 Å². The van der Waals surface area contributed by atoms with Crippen molar-refractivity contribution in [1.29, 1.82) is 0 Å². The highest BCUT2D eigenvalue weighted by Crippen LogP contribution is 2.32. The van der Waals surface area contributed by atoms with E-state index in [1.165, 1.54) is 45.2 Å². The molecule has 0 spiro atoms. The zero-order chi connectivity index (χ0) is 9.10. The summed E-state index contributed by atoms with van der Waals surface area (Å²) < 4.78 is 0. The minimum atomic E-state index is 0.846. The molecule has 13 heavy (non-hydrogen) atoms. The van der Waals surface area contributed by atoms with Crippen LogP contribution in [0.25, 0.3) is 0 Å². The first-order valence-corrected chi connectivity index (χ1v) is 5.87. The van der Waals surface area contributed by atoms with E-state index in [2.05, 4.69) is 17.6 Å². The summed E-state index contributed by atoms with van der Waals surface area (Å²) in [5.41, 5.74) is 0. The second kappa shape index (κ2) is 4.43. The fraction of sp³-hybridized carbons (Fsp3) is 1.00. The maximum Gasteiger partial charge on any atom is 0.0111 e. The number of hydrogen-bond donors (Lipinski definition) is 2. The molecule has 0 aliphatic carbocycles. The van der Waals surface area contributed by atoms with Crippen molar-refractivity contribution in [2.24, 2.45) is 5.92 Å². The predicted molar refractivity (Wildman–Crippen MR) is 55.8 cm³/mol. The van der Waals surface area contributed by atoms with Gasteiger partial charge in [-0.05, 0) is 44.7 Å². The first-order chi connectivity index (χ1) is 6.40.